The van der Waals surface area contributed by atoms with E-state index in [0.29, 0.717) is 11.7 Å². The third kappa shape index (κ3) is 2.50. The lowest BCUT2D eigenvalue weighted by atomic mass is 10.3. The van der Waals surface area contributed by atoms with E-state index in [1.807, 2.05) is 19.1 Å². The molecule has 0 amide bonds. The Morgan fingerprint density at radius 2 is 2.27 bits per heavy atom. The van der Waals surface area contributed by atoms with Gasteiger partial charge in [-0.15, -0.1) is 0 Å². The van der Waals surface area contributed by atoms with Crippen LogP contribution >= 0.6 is 11.6 Å². The Morgan fingerprint density at radius 1 is 1.40 bits per heavy atom. The van der Waals surface area contributed by atoms with Crippen LogP contribution in [0.25, 0.3) is 0 Å². The Hall–Kier alpha value is -1.48. The molecule has 0 aliphatic carbocycles. The van der Waals surface area contributed by atoms with E-state index in [0.717, 1.165) is 17.0 Å². The topological polar surface area (TPSA) is 38.1 Å². The fraction of sp³-hybridized carbons (Fsp3) is 0.182. The number of hydrogen-bond donors (Lipinski definition) is 1. The van der Waals surface area contributed by atoms with Crippen LogP contribution in [0.3, 0.4) is 0 Å². The molecule has 1 N–H and O–H groups in total. The first kappa shape index (κ1) is 10.1. The molecule has 0 saturated carbocycles. The summed E-state index contributed by atoms with van der Waals surface area (Å²) in [6.07, 6.45) is 3.38. The number of aromatic nitrogens is 1. The van der Waals surface area contributed by atoms with E-state index in [4.69, 9.17) is 16.0 Å². The van der Waals surface area contributed by atoms with E-state index in [2.05, 4.69) is 10.3 Å². The number of aryl methyl sites for hydroxylation is 1. The van der Waals surface area contributed by atoms with Crippen LogP contribution in [0.5, 0.6) is 0 Å². The molecule has 0 spiro atoms. The molecule has 3 nitrogen and oxygen atoms in total. The molecule has 0 aromatic carbocycles. The average molecular weight is 223 g/mol. The second-order valence-electron chi connectivity index (χ2n) is 3.25. The van der Waals surface area contributed by atoms with Crippen LogP contribution in [0, 0.1) is 6.92 Å². The van der Waals surface area contributed by atoms with Crippen molar-refractivity contribution in [3.63, 3.8) is 0 Å². The third-order valence-electron chi connectivity index (χ3n) is 2.15. The number of nitrogens with zero attached hydrogens (tertiary/aromatic N) is 1. The molecule has 2 aromatic rings. The van der Waals surface area contributed by atoms with Gasteiger partial charge in [-0.05, 0) is 30.7 Å². The van der Waals surface area contributed by atoms with Crippen molar-refractivity contribution in [2.24, 2.45) is 0 Å². The van der Waals surface area contributed by atoms with Crippen molar-refractivity contribution >= 4 is 17.3 Å². The van der Waals surface area contributed by atoms with E-state index >= 15 is 0 Å². The molecular formula is C11H11ClN2O. The number of halogens is 1. The van der Waals surface area contributed by atoms with Crippen LogP contribution in [-0.2, 0) is 6.54 Å². The second-order valence-corrected chi connectivity index (χ2v) is 3.64. The zero-order valence-corrected chi connectivity index (χ0v) is 9.08. The van der Waals surface area contributed by atoms with Gasteiger partial charge in [-0.25, -0.2) is 4.98 Å². The van der Waals surface area contributed by atoms with Crippen molar-refractivity contribution in [2.75, 3.05) is 5.32 Å². The summed E-state index contributed by atoms with van der Waals surface area (Å²) in [7, 11) is 0. The van der Waals surface area contributed by atoms with Gasteiger partial charge in [0.05, 0.1) is 24.7 Å². The summed E-state index contributed by atoms with van der Waals surface area (Å²) in [5.41, 5.74) is 2.07. The van der Waals surface area contributed by atoms with Crippen molar-refractivity contribution in [3.8, 4) is 0 Å². The first-order valence-corrected chi connectivity index (χ1v) is 5.02. The van der Waals surface area contributed by atoms with E-state index < -0.39 is 0 Å². The molecule has 2 heterocycles. The van der Waals surface area contributed by atoms with Crippen LogP contribution in [0.1, 0.15) is 11.3 Å². The number of furan rings is 1. The lowest BCUT2D eigenvalue weighted by Crippen LogP contribution is -1.99. The average Bonchev–Trinajstić information content (AvgIpc) is 2.63. The normalized spacial score (nSPS) is 10.3. The molecular weight excluding hydrogens is 212 g/mol. The fourth-order valence-electron chi connectivity index (χ4n) is 1.25. The first-order valence-electron chi connectivity index (χ1n) is 4.64. The van der Waals surface area contributed by atoms with Gasteiger partial charge < -0.3 is 9.73 Å². The Balaban J connectivity index is 1.99. The van der Waals surface area contributed by atoms with E-state index in [1.165, 1.54) is 0 Å². The van der Waals surface area contributed by atoms with Gasteiger partial charge in [0, 0.05) is 0 Å². The number of hydrogen-bond acceptors (Lipinski definition) is 3. The second kappa shape index (κ2) is 4.36. The highest BCUT2D eigenvalue weighted by atomic mass is 35.5. The van der Waals surface area contributed by atoms with E-state index in [1.54, 1.807) is 18.5 Å². The summed E-state index contributed by atoms with van der Waals surface area (Å²) < 4.78 is 5.30. The van der Waals surface area contributed by atoms with Gasteiger partial charge in [-0.3, -0.25) is 0 Å². The maximum atomic E-state index is 5.68. The molecule has 2 rings (SSSR count). The largest absolute Gasteiger partial charge is 0.467 e. The molecule has 0 atom stereocenters. The Kier molecular flexibility index (Phi) is 2.92. The minimum absolute atomic E-state index is 0.495. The molecule has 0 radical (unpaired) electrons. The number of nitrogens with one attached hydrogen (secondary N) is 1. The molecule has 2 aromatic heterocycles. The molecule has 0 aliphatic rings. The highest BCUT2D eigenvalue weighted by molar-refractivity contribution is 6.29. The number of anilines is 1. The maximum absolute atomic E-state index is 5.68. The third-order valence-corrected chi connectivity index (χ3v) is 2.37. The number of rotatable bonds is 3. The van der Waals surface area contributed by atoms with Crippen LogP contribution in [-0.4, -0.2) is 4.98 Å². The van der Waals surface area contributed by atoms with Crippen molar-refractivity contribution < 1.29 is 4.42 Å². The predicted octanol–water partition coefficient (Wildman–Crippen LogP) is 3.25. The fourth-order valence-corrected chi connectivity index (χ4v) is 1.36. The molecule has 0 aliphatic heterocycles. The van der Waals surface area contributed by atoms with Gasteiger partial charge in [0.15, 0.2) is 0 Å². The Bertz CT molecular complexity index is 436. The highest BCUT2D eigenvalue weighted by Crippen LogP contribution is 2.13. The summed E-state index contributed by atoms with van der Waals surface area (Å²) in [4.78, 5) is 3.97. The van der Waals surface area contributed by atoms with Crippen LogP contribution in [0.4, 0.5) is 5.69 Å². The zero-order chi connectivity index (χ0) is 10.7. The van der Waals surface area contributed by atoms with Crippen molar-refractivity contribution in [3.05, 3.63) is 47.1 Å². The molecule has 0 unspecified atom stereocenters. The van der Waals surface area contributed by atoms with Crippen molar-refractivity contribution in [2.45, 2.75) is 13.5 Å². The van der Waals surface area contributed by atoms with Crippen LogP contribution in [0.15, 0.2) is 35.1 Å². The predicted molar refractivity (Wildman–Crippen MR) is 60.0 cm³/mol. The monoisotopic (exact) mass is 222 g/mol. The van der Waals surface area contributed by atoms with Crippen LogP contribution < -0.4 is 5.32 Å². The quantitative estimate of drug-likeness (QED) is 0.811. The SMILES string of the molecule is Cc1ccoc1CNc1ccc(Cl)nc1. The molecule has 0 saturated heterocycles. The lowest BCUT2D eigenvalue weighted by molar-refractivity contribution is 0.515. The van der Waals surface area contributed by atoms with Gasteiger partial charge in [-0.1, -0.05) is 11.6 Å². The summed E-state index contributed by atoms with van der Waals surface area (Å²) in [5.74, 6) is 0.935. The van der Waals surface area contributed by atoms with Crippen LogP contribution in [0.2, 0.25) is 5.15 Å². The zero-order valence-electron chi connectivity index (χ0n) is 8.33. The summed E-state index contributed by atoms with van der Waals surface area (Å²) >= 11 is 5.68. The van der Waals surface area contributed by atoms with Gasteiger partial charge in [0.25, 0.3) is 0 Å². The van der Waals surface area contributed by atoms with Gasteiger partial charge in [0.1, 0.15) is 10.9 Å². The van der Waals surface area contributed by atoms with Gasteiger partial charge in [-0.2, -0.15) is 0 Å². The van der Waals surface area contributed by atoms with Gasteiger partial charge >= 0.3 is 0 Å². The van der Waals surface area contributed by atoms with E-state index in [9.17, 15) is 0 Å². The summed E-state index contributed by atoms with van der Waals surface area (Å²) in [5, 5.41) is 3.70. The standard InChI is InChI=1S/C11H11ClN2O/c1-8-4-5-15-10(8)7-13-9-2-3-11(12)14-6-9/h2-6,13H,7H2,1H3. The minimum Gasteiger partial charge on any atom is -0.467 e. The lowest BCUT2D eigenvalue weighted by Gasteiger charge is -2.04. The van der Waals surface area contributed by atoms with Crippen molar-refractivity contribution in [1.29, 1.82) is 0 Å². The Morgan fingerprint density at radius 3 is 2.87 bits per heavy atom. The smallest absolute Gasteiger partial charge is 0.129 e. The van der Waals surface area contributed by atoms with Gasteiger partial charge in [0.2, 0.25) is 0 Å². The van der Waals surface area contributed by atoms with E-state index in [-0.39, 0.29) is 0 Å². The molecule has 15 heavy (non-hydrogen) atoms. The molecule has 4 heteroatoms. The summed E-state index contributed by atoms with van der Waals surface area (Å²) in [6.45, 7) is 2.67. The molecule has 78 valence electrons. The maximum Gasteiger partial charge on any atom is 0.129 e. The molecule has 0 fully saturated rings. The summed E-state index contributed by atoms with van der Waals surface area (Å²) in [6, 6.07) is 5.57. The minimum atomic E-state index is 0.495. The molecule has 0 bridgehead atoms. The van der Waals surface area contributed by atoms with Crippen molar-refractivity contribution in [1.82, 2.24) is 4.98 Å². The first-order chi connectivity index (χ1) is 7.25. The number of pyridine rings is 1. The Labute approximate surface area is 93.1 Å². The highest BCUT2D eigenvalue weighted by Gasteiger charge is 2.01.